The Hall–Kier alpha value is -2.90. The van der Waals surface area contributed by atoms with Crippen LogP contribution in [0.4, 0.5) is 0 Å². The highest BCUT2D eigenvalue weighted by atomic mass is 79.9. The van der Waals surface area contributed by atoms with Crippen molar-refractivity contribution in [2.75, 3.05) is 0 Å². The van der Waals surface area contributed by atoms with E-state index in [4.69, 9.17) is 0 Å². The third-order valence-corrected chi connectivity index (χ3v) is 11.8. The fraction of sp³-hybridized carbons (Fsp3) is 0.480. The maximum atomic E-state index is 4.00. The molecule has 0 N–H and O–H groups in total. The monoisotopic (exact) mass is 744 g/mol. The van der Waals surface area contributed by atoms with Gasteiger partial charge in [-0.3, -0.25) is 0 Å². The number of unbranched alkanes of at least 4 members (excludes halogenated alkanes) is 18. The molecule has 0 spiro atoms. The molecule has 0 atom stereocenters. The van der Waals surface area contributed by atoms with E-state index in [9.17, 15) is 0 Å². The molecule has 51 heavy (non-hydrogen) atoms. The van der Waals surface area contributed by atoms with Crippen LogP contribution in [0.1, 0.15) is 153 Å². The molecule has 0 heterocycles. The number of fused-ring (bicyclic) bond motifs is 2. The summed E-state index contributed by atoms with van der Waals surface area (Å²) in [5, 5.41) is 5.27. The second-order valence-electron chi connectivity index (χ2n) is 15.2. The first-order chi connectivity index (χ1) is 25.2. The molecule has 0 saturated carbocycles. The summed E-state index contributed by atoms with van der Waals surface area (Å²) >= 11 is 4.00. The highest BCUT2D eigenvalue weighted by Crippen LogP contribution is 2.46. The maximum Gasteiger partial charge on any atom is 0.0260 e. The first-order valence-corrected chi connectivity index (χ1v) is 21.8. The van der Waals surface area contributed by atoms with E-state index in [1.54, 1.807) is 0 Å². The average Bonchev–Trinajstić information content (AvgIpc) is 3.16. The first kappa shape index (κ1) is 39.3. The quantitative estimate of drug-likeness (QED) is 0.0436. The van der Waals surface area contributed by atoms with Gasteiger partial charge in [-0.1, -0.05) is 230 Å². The van der Waals surface area contributed by atoms with Crippen molar-refractivity contribution in [3.8, 4) is 22.3 Å². The van der Waals surface area contributed by atoms with Gasteiger partial charge in [0.2, 0.25) is 0 Å². The van der Waals surface area contributed by atoms with Crippen LogP contribution in [0.2, 0.25) is 0 Å². The number of halogens is 1. The van der Waals surface area contributed by atoms with Gasteiger partial charge in [0.05, 0.1) is 0 Å². The topological polar surface area (TPSA) is 0 Å². The van der Waals surface area contributed by atoms with Gasteiger partial charge in [0.15, 0.2) is 0 Å². The summed E-state index contributed by atoms with van der Waals surface area (Å²) in [6.07, 6.45) is 30.1. The van der Waals surface area contributed by atoms with Crippen molar-refractivity contribution in [1.82, 2.24) is 0 Å². The normalized spacial score (nSPS) is 11.6. The molecule has 0 amide bonds. The summed E-state index contributed by atoms with van der Waals surface area (Å²) in [4.78, 5) is 0. The number of benzene rings is 5. The second-order valence-corrected chi connectivity index (χ2v) is 16.1. The van der Waals surface area contributed by atoms with Crippen molar-refractivity contribution < 1.29 is 0 Å². The van der Waals surface area contributed by atoms with Crippen molar-refractivity contribution in [2.45, 2.75) is 155 Å². The molecule has 0 nitrogen and oxygen atoms in total. The van der Waals surface area contributed by atoms with Crippen LogP contribution < -0.4 is 0 Å². The highest BCUT2D eigenvalue weighted by Gasteiger charge is 2.18. The number of aryl methyl sites for hydroxylation is 2. The van der Waals surface area contributed by atoms with Crippen LogP contribution in [0.15, 0.2) is 95.5 Å². The van der Waals surface area contributed by atoms with Gasteiger partial charge in [0, 0.05) is 9.86 Å². The Morgan fingerprint density at radius 3 is 1.18 bits per heavy atom. The van der Waals surface area contributed by atoms with Gasteiger partial charge in [-0.05, 0) is 81.3 Å². The largest absolute Gasteiger partial charge is 0.0654 e. The predicted molar refractivity (Wildman–Crippen MR) is 231 cm³/mol. The van der Waals surface area contributed by atoms with Gasteiger partial charge in [-0.15, -0.1) is 0 Å². The Labute approximate surface area is 320 Å². The summed E-state index contributed by atoms with van der Waals surface area (Å²) < 4.78 is 1.16. The third-order valence-electron chi connectivity index (χ3n) is 11.1. The molecule has 0 aromatic heterocycles. The molecule has 5 aromatic carbocycles. The van der Waals surface area contributed by atoms with E-state index in [2.05, 4.69) is 121 Å². The Balaban J connectivity index is 1.24. The van der Waals surface area contributed by atoms with E-state index in [-0.39, 0.29) is 0 Å². The van der Waals surface area contributed by atoms with E-state index in [0.29, 0.717) is 0 Å². The smallest absolute Gasteiger partial charge is 0.0260 e. The lowest BCUT2D eigenvalue weighted by molar-refractivity contribution is 0.556. The van der Waals surface area contributed by atoms with Gasteiger partial charge in [-0.2, -0.15) is 0 Å². The number of rotatable bonds is 24. The molecule has 0 aliphatic rings. The van der Waals surface area contributed by atoms with E-state index < -0.39 is 0 Å². The molecule has 1 heteroatoms. The van der Waals surface area contributed by atoms with Crippen LogP contribution in [0.5, 0.6) is 0 Å². The van der Waals surface area contributed by atoms with Gasteiger partial charge in [0.25, 0.3) is 0 Å². The molecule has 5 aromatic rings. The standard InChI is InChI=1S/C50H65Br/c1-3-5-7-9-11-13-15-17-19-21-26-40-32-36-42(37-33-40)48-44-28-23-24-29-45(44)49(50-46(48)30-25-31-47(50)51)43-38-34-41(35-39-43)27-22-20-18-16-14-12-10-8-6-4-2/h23-25,28-39H,3-22,26-27H2,1-2H3. The molecule has 0 unspecified atom stereocenters. The van der Waals surface area contributed by atoms with Gasteiger partial charge in [-0.25, -0.2) is 0 Å². The molecule has 5 rings (SSSR count). The van der Waals surface area contributed by atoms with Crippen LogP contribution in [0, 0.1) is 0 Å². The highest BCUT2D eigenvalue weighted by molar-refractivity contribution is 9.10. The molecule has 0 bridgehead atoms. The number of hydrogen-bond acceptors (Lipinski definition) is 0. The van der Waals surface area contributed by atoms with Crippen LogP contribution in [-0.2, 0) is 12.8 Å². The Kier molecular flexibility index (Phi) is 17.1. The van der Waals surface area contributed by atoms with Crippen molar-refractivity contribution in [2.24, 2.45) is 0 Å². The van der Waals surface area contributed by atoms with Crippen LogP contribution >= 0.6 is 15.9 Å². The van der Waals surface area contributed by atoms with Crippen LogP contribution in [0.3, 0.4) is 0 Å². The molecule has 0 aliphatic heterocycles. The summed E-state index contributed by atoms with van der Waals surface area (Å²) in [6.45, 7) is 4.60. The summed E-state index contributed by atoms with van der Waals surface area (Å²) in [5.74, 6) is 0. The van der Waals surface area contributed by atoms with Gasteiger partial charge < -0.3 is 0 Å². The fourth-order valence-electron chi connectivity index (χ4n) is 8.11. The van der Waals surface area contributed by atoms with Crippen LogP contribution in [0.25, 0.3) is 43.8 Å². The third kappa shape index (κ3) is 11.8. The Morgan fingerprint density at radius 2 is 0.725 bits per heavy atom. The molecular formula is C50H65Br. The molecule has 0 fully saturated rings. The molecular weight excluding hydrogens is 680 g/mol. The van der Waals surface area contributed by atoms with Gasteiger partial charge in [0.1, 0.15) is 0 Å². The van der Waals surface area contributed by atoms with E-state index in [0.717, 1.165) is 4.47 Å². The van der Waals surface area contributed by atoms with Crippen molar-refractivity contribution in [3.63, 3.8) is 0 Å². The molecule has 0 aliphatic carbocycles. The van der Waals surface area contributed by atoms with E-state index in [1.807, 2.05) is 0 Å². The molecule has 272 valence electrons. The van der Waals surface area contributed by atoms with Crippen molar-refractivity contribution in [1.29, 1.82) is 0 Å². The SMILES string of the molecule is CCCCCCCCCCCCc1ccc(-c2c3ccccc3c(-c3ccc(CCCCCCCCCCCC)cc3)c3c(Br)cccc23)cc1. The van der Waals surface area contributed by atoms with E-state index in [1.165, 1.54) is 196 Å². The fourth-order valence-corrected chi connectivity index (χ4v) is 8.67. The first-order valence-electron chi connectivity index (χ1n) is 21.0. The minimum Gasteiger partial charge on any atom is -0.0654 e. The predicted octanol–water partition coefficient (Wildman–Crippen LogP) is 17.0. The molecule has 0 radical (unpaired) electrons. The zero-order chi connectivity index (χ0) is 35.5. The second kappa shape index (κ2) is 22.2. The minimum absolute atomic E-state index is 1.16. The minimum atomic E-state index is 1.16. The lowest BCUT2D eigenvalue weighted by Gasteiger charge is -2.19. The van der Waals surface area contributed by atoms with Crippen LogP contribution in [-0.4, -0.2) is 0 Å². The summed E-state index contributed by atoms with van der Waals surface area (Å²) in [5.41, 5.74) is 8.20. The van der Waals surface area contributed by atoms with E-state index >= 15 is 0 Å². The van der Waals surface area contributed by atoms with Crippen molar-refractivity contribution >= 4 is 37.5 Å². The van der Waals surface area contributed by atoms with Gasteiger partial charge >= 0.3 is 0 Å². The maximum absolute atomic E-state index is 4.00. The number of hydrogen-bond donors (Lipinski definition) is 0. The zero-order valence-electron chi connectivity index (χ0n) is 32.1. The Bertz CT molecular complexity index is 1710. The lowest BCUT2D eigenvalue weighted by atomic mass is 9.85. The average molecular weight is 746 g/mol. The van der Waals surface area contributed by atoms with Crippen molar-refractivity contribution in [3.05, 3.63) is 107 Å². The molecule has 0 saturated heterocycles. The Morgan fingerprint density at radius 1 is 0.353 bits per heavy atom. The summed E-state index contributed by atoms with van der Waals surface area (Å²) in [7, 11) is 0. The lowest BCUT2D eigenvalue weighted by Crippen LogP contribution is -1.93. The summed E-state index contributed by atoms with van der Waals surface area (Å²) in [6, 6.07) is 34.8. The zero-order valence-corrected chi connectivity index (χ0v) is 33.7.